The van der Waals surface area contributed by atoms with Crippen LogP contribution in [-0.2, 0) is 9.53 Å². The highest BCUT2D eigenvalue weighted by molar-refractivity contribution is 5.85. The summed E-state index contributed by atoms with van der Waals surface area (Å²) in [5, 5.41) is 8.64. The van der Waals surface area contributed by atoms with Gasteiger partial charge in [0.2, 0.25) is 0 Å². The first-order valence-corrected chi connectivity index (χ1v) is 8.86. The Bertz CT molecular complexity index is 493. The molecule has 0 radical (unpaired) electrons. The smallest absolute Gasteiger partial charge is 0.328 e. The molecule has 134 valence electrons. The molecule has 0 spiro atoms. The lowest BCUT2D eigenvalue weighted by Gasteiger charge is -2.26. The van der Waals surface area contributed by atoms with Crippen LogP contribution < -0.4 is 4.74 Å². The van der Waals surface area contributed by atoms with E-state index >= 15 is 0 Å². The van der Waals surface area contributed by atoms with E-state index in [1.165, 1.54) is 12.8 Å². The predicted molar refractivity (Wildman–Crippen MR) is 97.3 cm³/mol. The Morgan fingerprint density at radius 1 is 1.21 bits per heavy atom. The van der Waals surface area contributed by atoms with Gasteiger partial charge in [0.25, 0.3) is 0 Å². The van der Waals surface area contributed by atoms with Crippen LogP contribution in [0.15, 0.2) is 30.3 Å². The van der Waals surface area contributed by atoms with Crippen molar-refractivity contribution in [1.82, 2.24) is 0 Å². The molecule has 1 aromatic rings. The van der Waals surface area contributed by atoms with Crippen molar-refractivity contribution in [2.24, 2.45) is 5.92 Å². The number of benzene rings is 1. The molecule has 0 amide bonds. The first-order chi connectivity index (χ1) is 11.6. The Hall–Kier alpha value is -1.81. The van der Waals surface area contributed by atoms with Crippen LogP contribution in [0.1, 0.15) is 52.0 Å². The maximum absolute atomic E-state index is 10.5. The second kappa shape index (κ2) is 11.7. The molecule has 0 saturated carbocycles. The van der Waals surface area contributed by atoms with E-state index < -0.39 is 5.97 Å². The molecule has 0 aliphatic carbocycles. The van der Waals surface area contributed by atoms with Crippen molar-refractivity contribution in [2.75, 3.05) is 13.2 Å². The maximum atomic E-state index is 10.5. The number of hydrogen-bond acceptors (Lipinski definition) is 3. The van der Waals surface area contributed by atoms with E-state index in [1.54, 1.807) is 6.08 Å². The zero-order valence-corrected chi connectivity index (χ0v) is 15.0. The third-order valence-corrected chi connectivity index (χ3v) is 4.04. The van der Waals surface area contributed by atoms with Gasteiger partial charge in [-0.05, 0) is 43.5 Å². The van der Waals surface area contributed by atoms with Crippen LogP contribution in [0, 0.1) is 5.92 Å². The standard InChI is InChI=1S/C20H30O4/c1-4-7-8-19(23-6-3)17(5-2)15-24-18-12-9-16(10-13-18)11-14-20(21)22/h9-14,17,19H,4-8,15H2,1-3H3,(H,21,22). The summed E-state index contributed by atoms with van der Waals surface area (Å²) in [6.45, 7) is 7.77. The molecule has 4 nitrogen and oxygen atoms in total. The second-order valence-corrected chi connectivity index (χ2v) is 5.86. The van der Waals surface area contributed by atoms with Gasteiger partial charge in [0.1, 0.15) is 5.75 Å². The average molecular weight is 334 g/mol. The lowest BCUT2D eigenvalue weighted by atomic mass is 9.96. The van der Waals surface area contributed by atoms with E-state index in [1.807, 2.05) is 31.2 Å². The number of aliphatic carboxylic acids is 1. The summed E-state index contributed by atoms with van der Waals surface area (Å²) in [7, 11) is 0. The highest BCUT2D eigenvalue weighted by atomic mass is 16.5. The van der Waals surface area contributed by atoms with Crippen LogP contribution in [0.4, 0.5) is 0 Å². The Labute approximate surface area is 145 Å². The van der Waals surface area contributed by atoms with Crippen LogP contribution in [-0.4, -0.2) is 30.4 Å². The van der Waals surface area contributed by atoms with Crippen molar-refractivity contribution in [3.63, 3.8) is 0 Å². The van der Waals surface area contributed by atoms with Crippen LogP contribution in [0.2, 0.25) is 0 Å². The number of ether oxygens (including phenoxy) is 2. The zero-order valence-electron chi connectivity index (χ0n) is 15.0. The van der Waals surface area contributed by atoms with Crippen LogP contribution in [0.25, 0.3) is 6.08 Å². The summed E-state index contributed by atoms with van der Waals surface area (Å²) in [5.41, 5.74) is 0.840. The lowest BCUT2D eigenvalue weighted by molar-refractivity contribution is -0.131. The van der Waals surface area contributed by atoms with Gasteiger partial charge in [-0.1, -0.05) is 38.8 Å². The Morgan fingerprint density at radius 3 is 2.46 bits per heavy atom. The third-order valence-electron chi connectivity index (χ3n) is 4.04. The fourth-order valence-corrected chi connectivity index (χ4v) is 2.61. The molecule has 1 N–H and O–H groups in total. The molecule has 24 heavy (non-hydrogen) atoms. The normalized spacial score (nSPS) is 13.8. The average Bonchev–Trinajstić information content (AvgIpc) is 2.59. The number of carboxylic acid groups (broad SMARTS) is 1. The van der Waals surface area contributed by atoms with Crippen molar-refractivity contribution < 1.29 is 19.4 Å². The molecule has 0 bridgehead atoms. The van der Waals surface area contributed by atoms with Gasteiger partial charge >= 0.3 is 5.97 Å². The van der Waals surface area contributed by atoms with Gasteiger partial charge < -0.3 is 14.6 Å². The minimum atomic E-state index is -0.949. The Balaban J connectivity index is 2.59. The van der Waals surface area contributed by atoms with Crippen LogP contribution in [0.3, 0.4) is 0 Å². The molecule has 0 aliphatic rings. The highest BCUT2D eigenvalue weighted by Crippen LogP contribution is 2.21. The number of carboxylic acids is 1. The zero-order chi connectivity index (χ0) is 17.8. The molecule has 4 heteroatoms. The van der Waals surface area contributed by atoms with Gasteiger partial charge in [0.15, 0.2) is 0 Å². The second-order valence-electron chi connectivity index (χ2n) is 5.86. The van der Waals surface area contributed by atoms with Crippen molar-refractivity contribution in [3.05, 3.63) is 35.9 Å². The highest BCUT2D eigenvalue weighted by Gasteiger charge is 2.20. The summed E-state index contributed by atoms with van der Waals surface area (Å²) in [5.74, 6) is 0.227. The summed E-state index contributed by atoms with van der Waals surface area (Å²) < 4.78 is 11.8. The van der Waals surface area contributed by atoms with Gasteiger partial charge in [-0.2, -0.15) is 0 Å². The molecular formula is C20H30O4. The molecule has 1 aromatic carbocycles. The molecule has 0 aromatic heterocycles. The molecule has 0 fully saturated rings. The molecular weight excluding hydrogens is 304 g/mol. The number of carbonyl (C=O) groups is 1. The largest absolute Gasteiger partial charge is 0.493 e. The van der Waals surface area contributed by atoms with E-state index in [0.29, 0.717) is 12.5 Å². The molecule has 0 heterocycles. The fraction of sp³-hybridized carbons (Fsp3) is 0.550. The SMILES string of the molecule is CCCCC(OCC)C(CC)COc1ccc(C=CC(=O)O)cc1. The number of unbranched alkanes of at least 4 members (excludes halogenated alkanes) is 1. The van der Waals surface area contributed by atoms with Gasteiger partial charge in [-0.15, -0.1) is 0 Å². The summed E-state index contributed by atoms with van der Waals surface area (Å²) in [6.07, 6.45) is 7.38. The van der Waals surface area contributed by atoms with Crippen molar-refractivity contribution in [3.8, 4) is 5.75 Å². The third kappa shape index (κ3) is 7.64. The van der Waals surface area contributed by atoms with Crippen LogP contribution in [0.5, 0.6) is 5.75 Å². The Kier molecular flexibility index (Phi) is 9.85. The summed E-state index contributed by atoms with van der Waals surface area (Å²) >= 11 is 0. The number of rotatable bonds is 12. The molecule has 2 unspecified atom stereocenters. The quantitative estimate of drug-likeness (QED) is 0.559. The topological polar surface area (TPSA) is 55.8 Å². The molecule has 0 saturated heterocycles. The monoisotopic (exact) mass is 334 g/mol. The summed E-state index contributed by atoms with van der Waals surface area (Å²) in [4.78, 5) is 10.5. The van der Waals surface area contributed by atoms with Crippen molar-refractivity contribution >= 4 is 12.0 Å². The van der Waals surface area contributed by atoms with E-state index in [4.69, 9.17) is 14.6 Å². The lowest BCUT2D eigenvalue weighted by Crippen LogP contribution is -2.29. The Morgan fingerprint density at radius 2 is 1.92 bits per heavy atom. The minimum Gasteiger partial charge on any atom is -0.493 e. The van der Waals surface area contributed by atoms with E-state index in [9.17, 15) is 4.79 Å². The first-order valence-electron chi connectivity index (χ1n) is 8.86. The van der Waals surface area contributed by atoms with E-state index in [2.05, 4.69) is 13.8 Å². The van der Waals surface area contributed by atoms with Crippen molar-refractivity contribution in [1.29, 1.82) is 0 Å². The molecule has 2 atom stereocenters. The predicted octanol–water partition coefficient (Wildman–Crippen LogP) is 4.78. The van der Waals surface area contributed by atoms with Gasteiger partial charge in [-0.3, -0.25) is 0 Å². The van der Waals surface area contributed by atoms with Gasteiger partial charge in [-0.25, -0.2) is 4.79 Å². The summed E-state index contributed by atoms with van der Waals surface area (Å²) in [6, 6.07) is 7.45. The van der Waals surface area contributed by atoms with Crippen LogP contribution >= 0.6 is 0 Å². The number of hydrogen-bond donors (Lipinski definition) is 1. The van der Waals surface area contributed by atoms with E-state index in [-0.39, 0.29) is 6.10 Å². The van der Waals surface area contributed by atoms with E-state index in [0.717, 1.165) is 36.8 Å². The van der Waals surface area contributed by atoms with Gasteiger partial charge in [0, 0.05) is 18.6 Å². The molecule has 0 aliphatic heterocycles. The molecule has 1 rings (SSSR count). The maximum Gasteiger partial charge on any atom is 0.328 e. The van der Waals surface area contributed by atoms with Crippen molar-refractivity contribution in [2.45, 2.75) is 52.6 Å². The van der Waals surface area contributed by atoms with Gasteiger partial charge in [0.05, 0.1) is 12.7 Å². The minimum absolute atomic E-state index is 0.248. The fourth-order valence-electron chi connectivity index (χ4n) is 2.61. The first kappa shape index (κ1) is 20.2.